The molecule has 0 aliphatic heterocycles. The Bertz CT molecular complexity index is 691. The second-order valence-corrected chi connectivity index (χ2v) is 6.26. The van der Waals surface area contributed by atoms with E-state index in [-0.39, 0.29) is 17.8 Å². The molecule has 0 aliphatic carbocycles. The summed E-state index contributed by atoms with van der Waals surface area (Å²) in [4.78, 5) is 19.9. The van der Waals surface area contributed by atoms with Gasteiger partial charge in [-0.05, 0) is 37.5 Å². The number of thioether (sulfide) groups is 1. The fourth-order valence-corrected chi connectivity index (χ4v) is 2.90. The highest BCUT2D eigenvalue weighted by atomic mass is 32.2. The van der Waals surface area contributed by atoms with Crippen LogP contribution in [0.5, 0.6) is 0 Å². The van der Waals surface area contributed by atoms with E-state index in [0.717, 1.165) is 0 Å². The van der Waals surface area contributed by atoms with Crippen LogP contribution in [0, 0.1) is 13.8 Å². The van der Waals surface area contributed by atoms with E-state index in [1.54, 1.807) is 12.4 Å². The molecule has 0 fully saturated rings. The Labute approximate surface area is 140 Å². The third kappa shape index (κ3) is 4.69. The Balaban J connectivity index is 2.07. The van der Waals surface area contributed by atoms with Crippen LogP contribution in [0.3, 0.4) is 0 Å². The molecule has 122 valence electrons. The average molecular weight is 331 g/mol. The summed E-state index contributed by atoms with van der Waals surface area (Å²) in [5.74, 6) is 0.633. The first-order valence-electron chi connectivity index (χ1n) is 7.35. The summed E-state index contributed by atoms with van der Waals surface area (Å²) in [5.41, 5.74) is 3.78. The van der Waals surface area contributed by atoms with Gasteiger partial charge in [0.1, 0.15) is 10.8 Å². The van der Waals surface area contributed by atoms with Crippen molar-refractivity contribution < 1.29 is 9.53 Å². The molecule has 1 heterocycles. The van der Waals surface area contributed by atoms with Gasteiger partial charge in [-0.25, -0.2) is 4.98 Å². The average Bonchev–Trinajstić information content (AvgIpc) is 2.55. The van der Waals surface area contributed by atoms with Gasteiger partial charge in [0, 0.05) is 0 Å². The molecule has 1 unspecified atom stereocenters. The number of aromatic nitrogens is 2. The number of aryl methyl sites for hydroxylation is 1. The predicted molar refractivity (Wildman–Crippen MR) is 92.7 cm³/mol. The molecule has 1 aromatic carbocycles. The number of anilines is 1. The maximum atomic E-state index is 11.2. The van der Waals surface area contributed by atoms with Crippen molar-refractivity contribution in [3.63, 3.8) is 0 Å². The highest BCUT2D eigenvalue weighted by molar-refractivity contribution is 7.99. The lowest BCUT2D eigenvalue weighted by Crippen LogP contribution is -2.10. The standard InChI is InChI=1S/C17H21N3O2S/c1-11-6-5-7-14(12(11)2)13(3)19-15-8-18-9-16(20-15)23-10-17(21)22-4/h5-9,13H,10H2,1-4H3,(H,19,20). The van der Waals surface area contributed by atoms with Crippen molar-refractivity contribution in [1.29, 1.82) is 0 Å². The van der Waals surface area contributed by atoms with E-state index in [9.17, 15) is 4.79 Å². The number of carbonyl (C=O) groups is 1. The largest absolute Gasteiger partial charge is 0.468 e. The molecule has 1 N–H and O–H groups in total. The normalized spacial score (nSPS) is 11.8. The number of esters is 1. The van der Waals surface area contributed by atoms with Crippen LogP contribution >= 0.6 is 11.8 Å². The zero-order chi connectivity index (χ0) is 16.8. The number of hydrogen-bond donors (Lipinski definition) is 1. The lowest BCUT2D eigenvalue weighted by Gasteiger charge is -2.18. The first-order chi connectivity index (χ1) is 11.0. The van der Waals surface area contributed by atoms with Gasteiger partial charge in [-0.15, -0.1) is 0 Å². The first-order valence-corrected chi connectivity index (χ1v) is 8.34. The Hall–Kier alpha value is -2.08. The number of benzene rings is 1. The van der Waals surface area contributed by atoms with Crippen LogP contribution in [0.25, 0.3) is 0 Å². The van der Waals surface area contributed by atoms with E-state index in [0.29, 0.717) is 10.8 Å². The molecule has 1 aromatic heterocycles. The topological polar surface area (TPSA) is 64.1 Å². The van der Waals surface area contributed by atoms with E-state index < -0.39 is 0 Å². The number of hydrogen-bond acceptors (Lipinski definition) is 6. The van der Waals surface area contributed by atoms with Crippen LogP contribution in [0.2, 0.25) is 0 Å². The lowest BCUT2D eigenvalue weighted by atomic mass is 9.98. The maximum Gasteiger partial charge on any atom is 0.316 e. The monoisotopic (exact) mass is 331 g/mol. The minimum Gasteiger partial charge on any atom is -0.468 e. The summed E-state index contributed by atoms with van der Waals surface area (Å²) >= 11 is 1.31. The third-order valence-corrected chi connectivity index (χ3v) is 4.53. The van der Waals surface area contributed by atoms with E-state index in [4.69, 9.17) is 0 Å². The Morgan fingerprint density at radius 3 is 2.87 bits per heavy atom. The second-order valence-electron chi connectivity index (χ2n) is 5.26. The maximum absolute atomic E-state index is 11.2. The number of nitrogens with one attached hydrogen (secondary N) is 1. The van der Waals surface area contributed by atoms with Gasteiger partial charge in [-0.2, -0.15) is 0 Å². The van der Waals surface area contributed by atoms with Gasteiger partial charge in [-0.3, -0.25) is 9.78 Å². The molecule has 2 rings (SSSR count). The quantitative estimate of drug-likeness (QED) is 0.645. The number of methoxy groups -OCH3 is 1. The zero-order valence-electron chi connectivity index (χ0n) is 13.8. The summed E-state index contributed by atoms with van der Waals surface area (Å²) in [5, 5.41) is 4.05. The molecule has 5 nitrogen and oxygen atoms in total. The fraction of sp³-hybridized carbons (Fsp3) is 0.353. The zero-order valence-corrected chi connectivity index (χ0v) is 14.6. The Morgan fingerprint density at radius 1 is 1.35 bits per heavy atom. The van der Waals surface area contributed by atoms with Crippen LogP contribution in [0.15, 0.2) is 35.6 Å². The van der Waals surface area contributed by atoms with E-state index in [1.807, 2.05) is 0 Å². The summed E-state index contributed by atoms with van der Waals surface area (Å²) in [6, 6.07) is 6.40. The smallest absolute Gasteiger partial charge is 0.316 e. The number of ether oxygens (including phenoxy) is 1. The molecule has 0 radical (unpaired) electrons. The molecule has 0 spiro atoms. The SMILES string of the molecule is COC(=O)CSc1cncc(NC(C)c2cccc(C)c2C)n1. The molecule has 0 saturated carbocycles. The molecule has 0 saturated heterocycles. The summed E-state index contributed by atoms with van der Waals surface area (Å²) < 4.78 is 4.63. The predicted octanol–water partition coefficient (Wildman–Crippen LogP) is 3.53. The van der Waals surface area contributed by atoms with Crippen LogP contribution in [-0.4, -0.2) is 28.8 Å². The number of nitrogens with zero attached hydrogens (tertiary/aromatic N) is 2. The van der Waals surface area contributed by atoms with Crippen molar-refractivity contribution >= 4 is 23.5 Å². The van der Waals surface area contributed by atoms with Crippen LogP contribution in [0.4, 0.5) is 5.82 Å². The van der Waals surface area contributed by atoms with E-state index in [1.165, 1.54) is 35.6 Å². The van der Waals surface area contributed by atoms with Gasteiger partial charge in [-0.1, -0.05) is 30.0 Å². The molecule has 0 bridgehead atoms. The summed E-state index contributed by atoms with van der Waals surface area (Å²) in [6.07, 6.45) is 3.32. The minimum atomic E-state index is -0.279. The first kappa shape index (κ1) is 17.3. The van der Waals surface area contributed by atoms with Crippen molar-refractivity contribution in [3.05, 3.63) is 47.3 Å². The third-order valence-electron chi connectivity index (χ3n) is 3.66. The molecular formula is C17H21N3O2S. The number of rotatable bonds is 6. The summed E-state index contributed by atoms with van der Waals surface area (Å²) in [6.45, 7) is 6.32. The van der Waals surface area contributed by atoms with E-state index in [2.05, 4.69) is 59.0 Å². The molecule has 6 heteroatoms. The van der Waals surface area contributed by atoms with Gasteiger partial charge in [0.15, 0.2) is 0 Å². The van der Waals surface area contributed by atoms with Crippen LogP contribution in [0.1, 0.15) is 29.7 Å². The summed E-state index contributed by atoms with van der Waals surface area (Å²) in [7, 11) is 1.37. The fourth-order valence-electron chi connectivity index (χ4n) is 2.22. The van der Waals surface area contributed by atoms with Crippen molar-refractivity contribution in [2.75, 3.05) is 18.2 Å². The van der Waals surface area contributed by atoms with Crippen molar-refractivity contribution in [3.8, 4) is 0 Å². The molecule has 2 aromatic rings. The van der Waals surface area contributed by atoms with Gasteiger partial charge in [0.2, 0.25) is 0 Å². The molecular weight excluding hydrogens is 310 g/mol. The Kier molecular flexibility index (Phi) is 5.98. The van der Waals surface area contributed by atoms with Crippen LogP contribution in [-0.2, 0) is 9.53 Å². The highest BCUT2D eigenvalue weighted by Crippen LogP contribution is 2.24. The van der Waals surface area contributed by atoms with Gasteiger partial charge < -0.3 is 10.1 Å². The van der Waals surface area contributed by atoms with Gasteiger partial charge >= 0.3 is 5.97 Å². The molecule has 23 heavy (non-hydrogen) atoms. The van der Waals surface area contributed by atoms with E-state index >= 15 is 0 Å². The van der Waals surface area contributed by atoms with Crippen LogP contribution < -0.4 is 5.32 Å². The van der Waals surface area contributed by atoms with Gasteiger partial charge in [0.25, 0.3) is 0 Å². The van der Waals surface area contributed by atoms with Gasteiger partial charge in [0.05, 0.1) is 31.3 Å². The molecule has 0 amide bonds. The van der Waals surface area contributed by atoms with Crippen molar-refractivity contribution in [1.82, 2.24) is 9.97 Å². The molecule has 1 atom stereocenters. The Morgan fingerprint density at radius 2 is 2.13 bits per heavy atom. The second kappa shape index (κ2) is 7.97. The van der Waals surface area contributed by atoms with Crippen molar-refractivity contribution in [2.24, 2.45) is 0 Å². The lowest BCUT2D eigenvalue weighted by molar-refractivity contribution is -0.137. The van der Waals surface area contributed by atoms with Crippen molar-refractivity contribution in [2.45, 2.75) is 31.8 Å². The number of carbonyl (C=O) groups excluding carboxylic acids is 1. The highest BCUT2D eigenvalue weighted by Gasteiger charge is 2.11. The molecule has 0 aliphatic rings. The minimum absolute atomic E-state index is 0.116.